The van der Waals surface area contributed by atoms with E-state index in [1.165, 1.54) is 0 Å². The highest BCUT2D eigenvalue weighted by Crippen LogP contribution is 2.30. The van der Waals surface area contributed by atoms with E-state index in [1.54, 1.807) is 6.07 Å². The van der Waals surface area contributed by atoms with E-state index >= 15 is 0 Å². The highest BCUT2D eigenvalue weighted by atomic mass is 16.7. The van der Waals surface area contributed by atoms with Crippen molar-refractivity contribution < 1.29 is 18.8 Å². The molecular weight excluding hydrogens is 384 g/mol. The maximum Gasteiger partial charge on any atom is 0.249 e. The fourth-order valence-electron chi connectivity index (χ4n) is 3.71. The molecule has 0 radical (unpaired) electrons. The number of aromatic nitrogens is 1. The predicted molar refractivity (Wildman–Crippen MR) is 114 cm³/mol. The molecule has 2 atom stereocenters. The van der Waals surface area contributed by atoms with Crippen molar-refractivity contribution in [3.63, 3.8) is 0 Å². The normalized spacial score (nSPS) is 21.9. The maximum absolute atomic E-state index is 12.7. The quantitative estimate of drug-likeness (QED) is 0.670. The number of carbonyl (C=O) groups excluding carboxylic acids is 1. The fourth-order valence-corrected chi connectivity index (χ4v) is 3.71. The van der Waals surface area contributed by atoms with Crippen molar-refractivity contribution in [3.8, 4) is 0 Å². The first kappa shape index (κ1) is 20.7. The predicted octanol–water partition coefficient (Wildman–Crippen LogP) is 3.30. The third-order valence-electron chi connectivity index (χ3n) is 5.76. The average molecular weight is 415 g/mol. The molecule has 0 spiro atoms. The highest BCUT2D eigenvalue weighted by molar-refractivity contribution is 5.97. The molecule has 1 unspecified atom stereocenters. The van der Waals surface area contributed by atoms with Crippen molar-refractivity contribution in [1.82, 2.24) is 5.16 Å². The van der Waals surface area contributed by atoms with E-state index < -0.39 is 0 Å². The first-order valence-electron chi connectivity index (χ1n) is 10.6. The summed E-state index contributed by atoms with van der Waals surface area (Å²) in [4.78, 5) is 14.8. The second-order valence-electron chi connectivity index (χ2n) is 8.65. The summed E-state index contributed by atoms with van der Waals surface area (Å²) < 4.78 is 16.9. The number of ether oxygens (including phenoxy) is 2. The lowest BCUT2D eigenvalue weighted by atomic mass is 9.90. The smallest absolute Gasteiger partial charge is 0.249 e. The zero-order valence-electron chi connectivity index (χ0n) is 17.6. The fraction of sp³-hybridized carbons (Fsp3) is 0.545. The van der Waals surface area contributed by atoms with Crippen LogP contribution in [0.4, 0.5) is 17.3 Å². The molecule has 1 aromatic heterocycles. The van der Waals surface area contributed by atoms with Crippen LogP contribution in [0.2, 0.25) is 0 Å². The van der Waals surface area contributed by atoms with Gasteiger partial charge >= 0.3 is 0 Å². The Morgan fingerprint density at radius 3 is 2.77 bits per heavy atom. The number of nitrogens with two attached hydrogens (primary N) is 1. The molecule has 0 saturated carbocycles. The summed E-state index contributed by atoms with van der Waals surface area (Å²) in [6.45, 7) is 6.12. The molecule has 0 aliphatic carbocycles. The van der Waals surface area contributed by atoms with Crippen LogP contribution in [0.1, 0.15) is 45.2 Å². The minimum absolute atomic E-state index is 0.106. The van der Waals surface area contributed by atoms with Crippen LogP contribution in [0.3, 0.4) is 0 Å². The van der Waals surface area contributed by atoms with Crippen molar-refractivity contribution in [2.75, 3.05) is 35.7 Å². The zero-order valence-corrected chi connectivity index (χ0v) is 17.6. The molecule has 30 heavy (non-hydrogen) atoms. The van der Waals surface area contributed by atoms with Gasteiger partial charge in [0, 0.05) is 36.0 Å². The molecule has 2 aromatic rings. The number of benzene rings is 1. The number of rotatable bonds is 7. The molecule has 2 saturated heterocycles. The van der Waals surface area contributed by atoms with Crippen LogP contribution in [-0.4, -0.2) is 43.2 Å². The van der Waals surface area contributed by atoms with E-state index in [2.05, 4.69) is 10.5 Å². The molecular formula is C22H30N4O4. The molecule has 0 bridgehead atoms. The molecule has 8 heteroatoms. The summed E-state index contributed by atoms with van der Waals surface area (Å²) >= 11 is 0. The first-order valence-corrected chi connectivity index (χ1v) is 10.6. The van der Waals surface area contributed by atoms with Crippen LogP contribution in [0, 0.1) is 0 Å². The number of carbonyl (C=O) groups is 1. The van der Waals surface area contributed by atoms with Crippen molar-refractivity contribution in [1.29, 1.82) is 0 Å². The summed E-state index contributed by atoms with van der Waals surface area (Å²) in [6, 6.07) is 9.08. The number of nitrogens with one attached hydrogen (secondary N) is 1. The van der Waals surface area contributed by atoms with Gasteiger partial charge in [-0.3, -0.25) is 10.1 Å². The molecule has 8 nitrogen and oxygen atoms in total. The second kappa shape index (κ2) is 8.65. The van der Waals surface area contributed by atoms with E-state index in [1.807, 2.05) is 43.0 Å². The number of hydrogen-bond acceptors (Lipinski definition) is 7. The van der Waals surface area contributed by atoms with Crippen molar-refractivity contribution >= 4 is 23.2 Å². The summed E-state index contributed by atoms with van der Waals surface area (Å²) in [5.74, 6) is 0.242. The minimum Gasteiger partial charge on any atom is -0.399 e. The Morgan fingerprint density at radius 1 is 1.30 bits per heavy atom. The molecule has 1 aromatic carbocycles. The molecule has 1 amide bonds. The topological polar surface area (TPSA) is 103 Å². The molecule has 162 valence electrons. The van der Waals surface area contributed by atoms with E-state index in [0.717, 1.165) is 50.2 Å². The number of amides is 1. The third kappa shape index (κ3) is 4.60. The maximum atomic E-state index is 12.7. The van der Waals surface area contributed by atoms with Gasteiger partial charge in [-0.25, -0.2) is 0 Å². The van der Waals surface area contributed by atoms with Crippen LogP contribution in [0.25, 0.3) is 0 Å². The van der Waals surface area contributed by atoms with Crippen molar-refractivity contribution in [3.05, 3.63) is 36.0 Å². The number of hydrogen-bond donors (Lipinski definition) is 2. The second-order valence-corrected chi connectivity index (χ2v) is 8.65. The summed E-state index contributed by atoms with van der Waals surface area (Å²) in [7, 11) is 0. The lowest BCUT2D eigenvalue weighted by Gasteiger charge is -2.41. The first-order chi connectivity index (χ1) is 14.4. The molecule has 4 rings (SSSR count). The van der Waals surface area contributed by atoms with Gasteiger partial charge in [0.15, 0.2) is 6.29 Å². The average Bonchev–Trinajstić information content (AvgIpc) is 3.17. The number of nitrogen functional groups attached to an aromatic ring is 1. The van der Waals surface area contributed by atoms with Gasteiger partial charge in [-0.2, -0.15) is 0 Å². The van der Waals surface area contributed by atoms with Gasteiger partial charge < -0.3 is 24.6 Å². The SMILES string of the molecule is CC(C)(COC1CCCCO1)c1cc(NC(=O)[C@@H]2CCN2c2ccc(N)cc2)on1. The van der Waals surface area contributed by atoms with Gasteiger partial charge in [0.2, 0.25) is 11.8 Å². The molecule has 3 N–H and O–H groups in total. The minimum atomic E-state index is -0.361. The number of anilines is 3. The molecule has 2 fully saturated rings. The third-order valence-corrected chi connectivity index (χ3v) is 5.76. The highest BCUT2D eigenvalue weighted by Gasteiger charge is 2.35. The lowest BCUT2D eigenvalue weighted by molar-refractivity contribution is -0.170. The number of nitrogens with zero attached hydrogens (tertiary/aromatic N) is 2. The van der Waals surface area contributed by atoms with Crippen LogP contribution in [-0.2, 0) is 19.7 Å². The van der Waals surface area contributed by atoms with Crippen LogP contribution < -0.4 is 16.0 Å². The van der Waals surface area contributed by atoms with E-state index in [-0.39, 0.29) is 23.7 Å². The summed E-state index contributed by atoms with van der Waals surface area (Å²) in [6.07, 6.45) is 3.77. The monoisotopic (exact) mass is 414 g/mol. The van der Waals surface area contributed by atoms with Crippen molar-refractivity contribution in [2.45, 2.75) is 57.3 Å². The van der Waals surface area contributed by atoms with Gasteiger partial charge in [0.1, 0.15) is 6.04 Å². The Hall–Kier alpha value is -2.58. The largest absolute Gasteiger partial charge is 0.399 e. The van der Waals surface area contributed by atoms with Crippen LogP contribution >= 0.6 is 0 Å². The molecule has 2 aliphatic heterocycles. The molecule has 2 aliphatic rings. The standard InChI is InChI=1S/C22H30N4O4/c1-22(2,14-29-20-5-3-4-12-28-20)18-13-19(30-25-18)24-21(27)17-10-11-26(17)16-8-6-15(23)7-9-16/h6-9,13,17,20H,3-5,10-12,14,23H2,1-2H3,(H,24,27)/t17-,20?/m0/s1. The van der Waals surface area contributed by atoms with Gasteiger partial charge in [-0.05, 0) is 49.9 Å². The Morgan fingerprint density at radius 2 is 2.10 bits per heavy atom. The Labute approximate surface area is 176 Å². The Balaban J connectivity index is 1.33. The van der Waals surface area contributed by atoms with Gasteiger partial charge in [0.05, 0.1) is 12.3 Å². The van der Waals surface area contributed by atoms with Crippen LogP contribution in [0.5, 0.6) is 0 Å². The summed E-state index contributed by atoms with van der Waals surface area (Å²) in [5.41, 5.74) is 7.81. The zero-order chi connectivity index (χ0) is 21.1. The van der Waals surface area contributed by atoms with E-state index in [4.69, 9.17) is 19.7 Å². The van der Waals surface area contributed by atoms with E-state index in [9.17, 15) is 4.79 Å². The summed E-state index contributed by atoms with van der Waals surface area (Å²) in [5, 5.41) is 7.01. The van der Waals surface area contributed by atoms with Gasteiger partial charge in [-0.1, -0.05) is 19.0 Å². The molecule has 3 heterocycles. The van der Waals surface area contributed by atoms with Crippen LogP contribution in [0.15, 0.2) is 34.9 Å². The Kier molecular flexibility index (Phi) is 5.97. The lowest BCUT2D eigenvalue weighted by Crippen LogP contribution is -2.54. The van der Waals surface area contributed by atoms with Gasteiger partial charge in [0.25, 0.3) is 0 Å². The van der Waals surface area contributed by atoms with Gasteiger partial charge in [-0.15, -0.1) is 0 Å². The van der Waals surface area contributed by atoms with E-state index in [0.29, 0.717) is 18.2 Å². The Bertz CT molecular complexity index is 858. The van der Waals surface area contributed by atoms with Crippen molar-refractivity contribution in [2.24, 2.45) is 0 Å².